The molecule has 2 aliphatic rings. The number of benzene rings is 1. The van der Waals surface area contributed by atoms with Gasteiger partial charge >= 0.3 is 0 Å². The molecule has 1 aromatic carbocycles. The van der Waals surface area contributed by atoms with Gasteiger partial charge in [-0.25, -0.2) is 13.2 Å². The van der Waals surface area contributed by atoms with Gasteiger partial charge < -0.3 is 16.0 Å². The van der Waals surface area contributed by atoms with Crippen LogP contribution in [0.25, 0.3) is 0 Å². The highest BCUT2D eigenvalue weighted by molar-refractivity contribution is 5.93. The third kappa shape index (κ3) is 3.32. The van der Waals surface area contributed by atoms with Gasteiger partial charge in [0.1, 0.15) is 5.82 Å². The van der Waals surface area contributed by atoms with E-state index in [2.05, 4.69) is 5.32 Å². The number of rotatable bonds is 2. The summed E-state index contributed by atoms with van der Waals surface area (Å²) in [5, 5.41) is 3.18. The van der Waals surface area contributed by atoms with Crippen LogP contribution in [0.2, 0.25) is 0 Å². The van der Waals surface area contributed by atoms with Crippen LogP contribution in [0.3, 0.4) is 0 Å². The van der Waals surface area contributed by atoms with Crippen molar-refractivity contribution in [3.8, 4) is 0 Å². The molecule has 0 spiro atoms. The Bertz CT molecular complexity index is 671. The van der Waals surface area contributed by atoms with E-state index >= 15 is 0 Å². The normalized spacial score (nSPS) is 24.7. The lowest BCUT2D eigenvalue weighted by Gasteiger charge is -2.33. The first-order valence-corrected chi connectivity index (χ1v) is 8.06. The molecule has 1 aliphatic carbocycles. The average molecular weight is 339 g/mol. The Morgan fingerprint density at radius 2 is 1.79 bits per heavy atom. The number of hydrogen-bond acceptors (Lipinski definition) is 3. The van der Waals surface area contributed by atoms with E-state index in [1.807, 2.05) is 0 Å². The van der Waals surface area contributed by atoms with Gasteiger partial charge in [-0.2, -0.15) is 0 Å². The summed E-state index contributed by atoms with van der Waals surface area (Å²) in [4.78, 5) is 14.3. The lowest BCUT2D eigenvalue weighted by molar-refractivity contribution is -0.128. The van der Waals surface area contributed by atoms with E-state index in [1.54, 1.807) is 11.0 Å². The van der Waals surface area contributed by atoms with E-state index in [0.29, 0.717) is 37.6 Å². The van der Waals surface area contributed by atoms with E-state index in [-0.39, 0.29) is 11.5 Å². The summed E-state index contributed by atoms with van der Waals surface area (Å²) in [5.74, 6) is -3.63. The Morgan fingerprint density at radius 3 is 2.46 bits per heavy atom. The smallest absolute Gasteiger partial charge is 0.249 e. The number of carbonyl (C=O) groups excluding carboxylic acids is 1. The highest BCUT2D eigenvalue weighted by Crippen LogP contribution is 2.34. The standard InChI is InChI=1S/C17H20F3N3O/c18-13-9-15(20)14(19)8-12(13)11-2-1-10(7-16(11)21)17(24)23-5-3-22-4-6-23/h1,8-9,11,16,22H,2-7,21H2/t11-,16+/m0/s1. The molecule has 24 heavy (non-hydrogen) atoms. The molecular formula is C17H20F3N3O. The van der Waals surface area contributed by atoms with Crippen LogP contribution in [-0.2, 0) is 4.79 Å². The number of nitrogens with zero attached hydrogens (tertiary/aromatic N) is 1. The van der Waals surface area contributed by atoms with Crippen molar-refractivity contribution in [1.29, 1.82) is 0 Å². The zero-order valence-corrected chi connectivity index (χ0v) is 13.2. The minimum atomic E-state index is -1.22. The summed E-state index contributed by atoms with van der Waals surface area (Å²) >= 11 is 0. The van der Waals surface area contributed by atoms with Gasteiger partial charge in [0.25, 0.3) is 0 Å². The summed E-state index contributed by atoms with van der Waals surface area (Å²) in [6.07, 6.45) is 2.38. The lowest BCUT2D eigenvalue weighted by Crippen LogP contribution is -2.47. The first-order valence-electron chi connectivity index (χ1n) is 8.06. The third-order valence-electron chi connectivity index (χ3n) is 4.71. The van der Waals surface area contributed by atoms with Crippen LogP contribution >= 0.6 is 0 Å². The molecule has 130 valence electrons. The second-order valence-electron chi connectivity index (χ2n) is 6.27. The summed E-state index contributed by atoms with van der Waals surface area (Å²) in [5.41, 5.74) is 6.79. The predicted molar refractivity (Wildman–Crippen MR) is 83.8 cm³/mol. The molecule has 0 unspecified atom stereocenters. The summed E-state index contributed by atoms with van der Waals surface area (Å²) in [6.45, 7) is 2.81. The minimum Gasteiger partial charge on any atom is -0.336 e. The molecule has 3 rings (SSSR count). The Balaban J connectivity index is 1.77. The van der Waals surface area contributed by atoms with E-state index in [1.165, 1.54) is 0 Å². The fraction of sp³-hybridized carbons (Fsp3) is 0.471. The maximum absolute atomic E-state index is 14.0. The quantitative estimate of drug-likeness (QED) is 0.806. The zero-order valence-electron chi connectivity index (χ0n) is 13.2. The number of allylic oxidation sites excluding steroid dienone is 1. The van der Waals surface area contributed by atoms with Gasteiger partial charge in [0.05, 0.1) is 0 Å². The Labute approximate surface area is 138 Å². The van der Waals surface area contributed by atoms with Crippen LogP contribution in [0.1, 0.15) is 24.3 Å². The van der Waals surface area contributed by atoms with Gasteiger partial charge in [0, 0.05) is 49.8 Å². The van der Waals surface area contributed by atoms with Crippen LogP contribution < -0.4 is 11.1 Å². The first-order chi connectivity index (χ1) is 11.5. The highest BCUT2D eigenvalue weighted by atomic mass is 19.2. The molecule has 0 aromatic heterocycles. The van der Waals surface area contributed by atoms with E-state index in [9.17, 15) is 18.0 Å². The lowest BCUT2D eigenvalue weighted by atomic mass is 9.80. The molecule has 1 amide bonds. The topological polar surface area (TPSA) is 58.4 Å². The van der Waals surface area contributed by atoms with Crippen molar-refractivity contribution < 1.29 is 18.0 Å². The number of hydrogen-bond donors (Lipinski definition) is 2. The van der Waals surface area contributed by atoms with Gasteiger partial charge in [0.15, 0.2) is 11.6 Å². The maximum atomic E-state index is 14.0. The largest absolute Gasteiger partial charge is 0.336 e. The maximum Gasteiger partial charge on any atom is 0.249 e. The predicted octanol–water partition coefficient (Wildman–Crippen LogP) is 1.67. The van der Waals surface area contributed by atoms with Crippen LogP contribution in [0.5, 0.6) is 0 Å². The van der Waals surface area contributed by atoms with Crippen molar-refractivity contribution >= 4 is 5.91 Å². The van der Waals surface area contributed by atoms with Gasteiger partial charge in [-0.15, -0.1) is 0 Å². The second kappa shape index (κ2) is 6.94. The summed E-state index contributed by atoms with van der Waals surface area (Å²) in [7, 11) is 0. The van der Waals surface area contributed by atoms with E-state index in [0.717, 1.165) is 19.2 Å². The van der Waals surface area contributed by atoms with Gasteiger partial charge in [-0.3, -0.25) is 4.79 Å². The van der Waals surface area contributed by atoms with Gasteiger partial charge in [-0.05, 0) is 24.5 Å². The van der Waals surface area contributed by atoms with Crippen molar-refractivity contribution in [3.05, 3.63) is 46.8 Å². The molecular weight excluding hydrogens is 319 g/mol. The zero-order chi connectivity index (χ0) is 17.3. The molecule has 3 N–H and O–H groups in total. The van der Waals surface area contributed by atoms with Crippen molar-refractivity contribution in [2.24, 2.45) is 5.73 Å². The monoisotopic (exact) mass is 339 g/mol. The van der Waals surface area contributed by atoms with Crippen LogP contribution in [0.4, 0.5) is 13.2 Å². The van der Waals surface area contributed by atoms with E-state index in [4.69, 9.17) is 5.73 Å². The molecule has 4 nitrogen and oxygen atoms in total. The van der Waals surface area contributed by atoms with Crippen molar-refractivity contribution in [3.63, 3.8) is 0 Å². The van der Waals surface area contributed by atoms with Crippen molar-refractivity contribution in [2.45, 2.75) is 24.8 Å². The Hall–Kier alpha value is -1.86. The highest BCUT2D eigenvalue weighted by Gasteiger charge is 2.31. The fourth-order valence-corrected chi connectivity index (χ4v) is 3.35. The average Bonchev–Trinajstić information content (AvgIpc) is 2.58. The summed E-state index contributed by atoms with van der Waals surface area (Å²) in [6, 6.07) is 0.894. The first kappa shape index (κ1) is 17.0. The molecule has 0 radical (unpaired) electrons. The number of carbonyl (C=O) groups is 1. The molecule has 0 bridgehead atoms. The number of nitrogens with two attached hydrogens (primary N) is 1. The summed E-state index contributed by atoms with van der Waals surface area (Å²) < 4.78 is 40.5. The van der Waals surface area contributed by atoms with Crippen molar-refractivity contribution in [2.75, 3.05) is 26.2 Å². The molecule has 1 aromatic rings. The number of amides is 1. The number of halogens is 3. The number of piperazine rings is 1. The molecule has 0 saturated carbocycles. The molecule has 1 fully saturated rings. The van der Waals surface area contributed by atoms with Crippen LogP contribution in [-0.4, -0.2) is 43.0 Å². The molecule has 1 saturated heterocycles. The molecule has 2 atom stereocenters. The van der Waals surface area contributed by atoms with Gasteiger partial charge in [-0.1, -0.05) is 6.08 Å². The molecule has 7 heteroatoms. The van der Waals surface area contributed by atoms with Crippen molar-refractivity contribution in [1.82, 2.24) is 10.2 Å². The van der Waals surface area contributed by atoms with Crippen LogP contribution in [0, 0.1) is 17.5 Å². The van der Waals surface area contributed by atoms with E-state index < -0.39 is 29.4 Å². The second-order valence-corrected chi connectivity index (χ2v) is 6.27. The molecule has 1 aliphatic heterocycles. The van der Waals surface area contributed by atoms with Crippen LogP contribution in [0.15, 0.2) is 23.8 Å². The molecule has 1 heterocycles. The minimum absolute atomic E-state index is 0.0452. The Kier molecular flexibility index (Phi) is 4.91. The Morgan fingerprint density at radius 1 is 1.12 bits per heavy atom. The number of nitrogens with one attached hydrogen (secondary N) is 1. The van der Waals surface area contributed by atoms with Gasteiger partial charge in [0.2, 0.25) is 5.91 Å². The third-order valence-corrected chi connectivity index (χ3v) is 4.71. The fourth-order valence-electron chi connectivity index (χ4n) is 3.35. The SMILES string of the molecule is N[C@@H]1CC(C(=O)N2CCNCC2)=CC[C@H]1c1cc(F)c(F)cc1F.